The van der Waals surface area contributed by atoms with Crippen molar-refractivity contribution in [3.63, 3.8) is 0 Å². The largest absolute Gasteiger partial charge is 0.258 e. The molecule has 0 atom stereocenters. The van der Waals surface area contributed by atoms with Crippen LogP contribution in [0.4, 0.5) is 0 Å². The van der Waals surface area contributed by atoms with Gasteiger partial charge in [0.2, 0.25) is 0 Å². The van der Waals surface area contributed by atoms with Crippen LogP contribution in [0.2, 0.25) is 0 Å². The Morgan fingerprint density at radius 1 is 0.183 bits per heavy atom. The highest BCUT2D eigenvalue weighted by molar-refractivity contribution is 6.10. The number of fused-ring (bicyclic) bond motifs is 18. The minimum atomic E-state index is 0.810. The van der Waals surface area contributed by atoms with Gasteiger partial charge in [-0.05, 0) is 173 Å². The second kappa shape index (κ2) is 54.4. The Morgan fingerprint density at radius 3 is 0.595 bits per heavy atom. The number of pyridine rings is 7. The third-order valence-electron chi connectivity index (χ3n) is 19.1. The summed E-state index contributed by atoms with van der Waals surface area (Å²) in [5.41, 5.74) is 11.6. The van der Waals surface area contributed by atoms with Crippen molar-refractivity contribution in [1.29, 1.82) is 0 Å². The van der Waals surface area contributed by atoms with E-state index in [-0.39, 0.29) is 0 Å². The van der Waals surface area contributed by atoms with Crippen molar-refractivity contribution < 1.29 is 0 Å². The van der Waals surface area contributed by atoms with E-state index in [1.54, 1.807) is 37.2 Å². The lowest BCUT2D eigenvalue weighted by Crippen LogP contribution is -2.00. The summed E-state index contributed by atoms with van der Waals surface area (Å²) in [7, 11) is 0. The first-order chi connectivity index (χ1) is 61.9. The van der Waals surface area contributed by atoms with Crippen molar-refractivity contribution in [2.75, 3.05) is 0 Å². The van der Waals surface area contributed by atoms with Crippen LogP contribution in [0.3, 0.4) is 0 Å². The molecular weight excluding hydrogens is 1540 g/mol. The fraction of sp³-hybridized carbons (Fsp3) is 0.211. The number of aromatic nitrogens is 12. The van der Waals surface area contributed by atoms with E-state index in [1.807, 2.05) is 167 Å². The summed E-state index contributed by atoms with van der Waals surface area (Å²) in [6.45, 7) is 42.1. The van der Waals surface area contributed by atoms with Gasteiger partial charge in [-0.2, -0.15) is 0 Å². The van der Waals surface area contributed by atoms with Crippen LogP contribution >= 0.6 is 0 Å². The maximum atomic E-state index is 4.35. The predicted molar refractivity (Wildman–Crippen MR) is 546 cm³/mol. The molecule has 642 valence electrons. The molecule has 21 rings (SSSR count). The van der Waals surface area contributed by atoms with E-state index >= 15 is 0 Å². The summed E-state index contributed by atoms with van der Waals surface area (Å²) in [5, 5.41) is 22.7. The third-order valence-corrected chi connectivity index (χ3v) is 19.1. The minimum Gasteiger partial charge on any atom is -0.258 e. The van der Waals surface area contributed by atoms with Gasteiger partial charge in [0.15, 0.2) is 0 Å². The Morgan fingerprint density at radius 2 is 0.381 bits per heavy atom. The lowest BCUT2D eigenvalue weighted by molar-refractivity contribution is 0.830. The minimum absolute atomic E-state index is 0.810. The Hall–Kier alpha value is -14.1. The summed E-state index contributed by atoms with van der Waals surface area (Å²) in [6.07, 6.45) is 13.6. The van der Waals surface area contributed by atoms with Crippen molar-refractivity contribution in [2.24, 2.45) is 0 Å². The molecule has 12 nitrogen and oxygen atoms in total. The first-order valence-electron chi connectivity index (χ1n) is 44.6. The van der Waals surface area contributed by atoms with E-state index in [0.717, 1.165) is 125 Å². The van der Waals surface area contributed by atoms with E-state index in [9.17, 15) is 0 Å². The highest BCUT2D eigenvalue weighted by Gasteiger charge is 2.06. The van der Waals surface area contributed by atoms with Gasteiger partial charge in [0.25, 0.3) is 0 Å². The first kappa shape index (κ1) is 99.0. The second-order valence-corrected chi connectivity index (χ2v) is 27.4. The smallest absolute Gasteiger partial charge is 0.132 e. The molecule has 0 spiro atoms. The van der Waals surface area contributed by atoms with Crippen molar-refractivity contribution in [3.05, 3.63) is 398 Å². The first-order valence-corrected chi connectivity index (χ1v) is 44.6. The Labute approximate surface area is 748 Å². The number of hydrogen-bond acceptors (Lipinski definition) is 12. The Kier molecular flexibility index (Phi) is 42.8. The zero-order chi connectivity index (χ0) is 91.0. The number of rotatable bonds is 3. The molecule has 0 aliphatic heterocycles. The van der Waals surface area contributed by atoms with Crippen LogP contribution in [-0.4, -0.2) is 59.8 Å². The lowest BCUT2D eigenvalue weighted by atomic mass is 10.0. The van der Waals surface area contributed by atoms with Gasteiger partial charge in [-0.25, -0.2) is 24.9 Å². The molecule has 0 fully saturated rings. The van der Waals surface area contributed by atoms with E-state index in [2.05, 4.69) is 347 Å². The monoisotopic (exact) mass is 1660 g/mol. The second-order valence-electron chi connectivity index (χ2n) is 27.4. The summed E-state index contributed by atoms with van der Waals surface area (Å²) in [5.74, 6) is 3.44. The van der Waals surface area contributed by atoms with Gasteiger partial charge in [0.1, 0.15) is 23.3 Å². The van der Waals surface area contributed by atoms with Gasteiger partial charge in [0, 0.05) is 105 Å². The molecule has 12 heteroatoms. The molecule has 21 aromatic rings. The molecule has 0 radical (unpaired) electrons. The fourth-order valence-electron chi connectivity index (χ4n) is 13.8. The van der Waals surface area contributed by atoms with Gasteiger partial charge >= 0.3 is 0 Å². The Balaban J connectivity index is 0.000000192. The molecular formula is C114H126N12. The van der Waals surface area contributed by atoms with Crippen LogP contribution in [0.1, 0.15) is 155 Å². The normalized spacial score (nSPS) is 9.88. The molecule has 0 amide bonds. The number of hydrogen-bond donors (Lipinski definition) is 0. The molecule has 0 bridgehead atoms. The fourth-order valence-corrected chi connectivity index (χ4v) is 13.8. The standard InChI is InChI=1S/3C14H10.3C12H8N2.C9H13N.C8H12N2.C7H11N3.6C2H6/c3*1-3-7-13-11(5-1)9-10-12-6-2-4-8-14(12)13;3*1-3-9-5-6-10-4-2-8-14-12(10)11(9)13-7-1;1-4-9-6-7(2)5-8(3)10-9;1-4-8-9-6(2)5-7(3)10-8;1-4-7-9-5(2)8-6(3)10-7;6*1-2/h3*1-10H;3*1-8H;5-6H,4H2,1-3H3;5H,4H2,1-3H3;4H2,1-3H3;6*1-2H3. The van der Waals surface area contributed by atoms with Crippen molar-refractivity contribution in [2.45, 2.75) is 165 Å². The number of aryl methyl sites for hydroxylation is 9. The van der Waals surface area contributed by atoms with Gasteiger partial charge in [0.05, 0.1) is 33.1 Å². The van der Waals surface area contributed by atoms with Gasteiger partial charge in [-0.15, -0.1) is 0 Å². The van der Waals surface area contributed by atoms with Crippen molar-refractivity contribution in [1.82, 2.24) is 59.8 Å². The maximum Gasteiger partial charge on any atom is 0.132 e. The highest BCUT2D eigenvalue weighted by atomic mass is 15.0. The number of nitrogens with zero attached hydrogens (tertiary/aromatic N) is 12. The predicted octanol–water partition coefficient (Wildman–Crippen LogP) is 31.5. The summed E-state index contributed by atoms with van der Waals surface area (Å²) in [6, 6.07) is 107. The average molecular weight is 1660 g/mol. The van der Waals surface area contributed by atoms with Crippen LogP contribution < -0.4 is 0 Å². The highest BCUT2D eigenvalue weighted by Crippen LogP contribution is 2.29. The topological polar surface area (TPSA) is 155 Å². The zero-order valence-corrected chi connectivity index (χ0v) is 77.9. The summed E-state index contributed by atoms with van der Waals surface area (Å²) < 4.78 is 0. The SMILES string of the molecule is CC.CC.CC.CC.CC.CC.CCc1cc(C)cc(C)n1.CCc1nc(C)cc(C)n1.CCc1nc(C)nc(C)n1.c1ccc2c(c1)ccc1ccccc12.c1ccc2c(c1)ccc1ccccc12.c1ccc2c(c1)ccc1ccccc12.c1cnc2c(c1)ccc1cccnc12.c1cnc2c(c1)ccc1cccnc12.c1cnc2c(c1)ccc1cccnc12. The zero-order valence-electron chi connectivity index (χ0n) is 77.9. The Bertz CT molecular complexity index is 5460. The van der Waals surface area contributed by atoms with Crippen LogP contribution in [-0.2, 0) is 19.3 Å². The molecule has 0 saturated carbocycles. The molecule has 0 aliphatic carbocycles. The van der Waals surface area contributed by atoms with Crippen LogP contribution in [0.25, 0.3) is 130 Å². The molecule has 0 aliphatic rings. The summed E-state index contributed by atoms with van der Waals surface area (Å²) >= 11 is 0. The molecule has 9 aromatic heterocycles. The maximum absolute atomic E-state index is 4.35. The van der Waals surface area contributed by atoms with E-state index < -0.39 is 0 Å². The molecule has 0 N–H and O–H groups in total. The molecule has 9 heterocycles. The van der Waals surface area contributed by atoms with Gasteiger partial charge < -0.3 is 0 Å². The molecule has 12 aromatic carbocycles. The van der Waals surface area contributed by atoms with Crippen LogP contribution in [0.15, 0.2) is 347 Å². The van der Waals surface area contributed by atoms with Crippen LogP contribution in [0, 0.1) is 41.5 Å². The molecule has 0 saturated heterocycles. The quantitative estimate of drug-likeness (QED) is 0.155. The third kappa shape index (κ3) is 28.5. The van der Waals surface area contributed by atoms with Gasteiger partial charge in [-0.3, -0.25) is 34.9 Å². The average Bonchev–Trinajstić information content (AvgIpc) is 0.825. The number of benzene rings is 12. The van der Waals surface area contributed by atoms with Gasteiger partial charge in [-0.1, -0.05) is 359 Å². The van der Waals surface area contributed by atoms with E-state index in [4.69, 9.17) is 0 Å². The molecule has 126 heavy (non-hydrogen) atoms. The van der Waals surface area contributed by atoms with Crippen LogP contribution in [0.5, 0.6) is 0 Å². The van der Waals surface area contributed by atoms with Crippen molar-refractivity contribution >= 4 is 130 Å². The molecule has 0 unspecified atom stereocenters. The van der Waals surface area contributed by atoms with E-state index in [0.29, 0.717) is 0 Å². The van der Waals surface area contributed by atoms with E-state index in [1.165, 1.54) is 75.9 Å². The lowest BCUT2D eigenvalue weighted by Gasteiger charge is -2.02. The van der Waals surface area contributed by atoms with Crippen molar-refractivity contribution in [3.8, 4) is 0 Å². The summed E-state index contributed by atoms with van der Waals surface area (Å²) in [4.78, 5) is 51.2.